The molecular formula is C14H19N3S. The number of hydrogen-bond acceptors (Lipinski definition) is 3. The molecule has 1 saturated carbocycles. The van der Waals surface area contributed by atoms with E-state index in [0.717, 1.165) is 13.1 Å². The van der Waals surface area contributed by atoms with E-state index in [0.29, 0.717) is 5.41 Å². The topological polar surface area (TPSA) is 40.7 Å². The van der Waals surface area contributed by atoms with Crippen LogP contribution in [-0.2, 0) is 6.54 Å². The molecule has 2 N–H and O–H groups in total. The highest BCUT2D eigenvalue weighted by Crippen LogP contribution is 2.47. The first-order valence-electron chi connectivity index (χ1n) is 6.60. The fourth-order valence-corrected chi connectivity index (χ4v) is 3.13. The average Bonchev–Trinajstić information content (AvgIpc) is 2.83. The number of rotatable bonds is 6. The van der Waals surface area contributed by atoms with Crippen LogP contribution in [0.4, 0.5) is 0 Å². The van der Waals surface area contributed by atoms with Gasteiger partial charge >= 0.3 is 0 Å². The van der Waals surface area contributed by atoms with Crippen LogP contribution >= 0.6 is 11.3 Å². The molecule has 4 heteroatoms. The Balaban J connectivity index is 1.62. The number of nitrogens with zero attached hydrogens (tertiary/aromatic N) is 1. The SMILES string of the molecule is CCC1(CNCc2cn[nH]c2-c2cccs2)CC1. The molecule has 1 aliphatic carbocycles. The monoisotopic (exact) mass is 261 g/mol. The highest BCUT2D eigenvalue weighted by molar-refractivity contribution is 7.13. The molecule has 0 spiro atoms. The molecule has 0 radical (unpaired) electrons. The van der Waals surface area contributed by atoms with Gasteiger partial charge in [0.15, 0.2) is 0 Å². The molecule has 18 heavy (non-hydrogen) atoms. The van der Waals surface area contributed by atoms with E-state index >= 15 is 0 Å². The van der Waals surface area contributed by atoms with Crippen molar-refractivity contribution in [3.8, 4) is 10.6 Å². The van der Waals surface area contributed by atoms with Gasteiger partial charge in [0.25, 0.3) is 0 Å². The van der Waals surface area contributed by atoms with Gasteiger partial charge in [0, 0.05) is 18.7 Å². The van der Waals surface area contributed by atoms with Crippen LogP contribution in [0.25, 0.3) is 10.6 Å². The van der Waals surface area contributed by atoms with Crippen molar-refractivity contribution in [3.63, 3.8) is 0 Å². The van der Waals surface area contributed by atoms with Gasteiger partial charge in [0.1, 0.15) is 0 Å². The van der Waals surface area contributed by atoms with Gasteiger partial charge in [-0.1, -0.05) is 13.0 Å². The Morgan fingerprint density at radius 3 is 3.06 bits per heavy atom. The number of nitrogens with one attached hydrogen (secondary N) is 2. The van der Waals surface area contributed by atoms with E-state index in [-0.39, 0.29) is 0 Å². The zero-order chi connectivity index (χ0) is 12.4. The molecule has 0 saturated heterocycles. The molecule has 3 rings (SSSR count). The van der Waals surface area contributed by atoms with E-state index in [1.807, 2.05) is 6.20 Å². The van der Waals surface area contributed by atoms with E-state index < -0.39 is 0 Å². The Bertz CT molecular complexity index is 497. The number of H-pyrrole nitrogens is 1. The molecule has 2 aromatic rings. The molecule has 0 aliphatic heterocycles. The fourth-order valence-electron chi connectivity index (χ4n) is 2.37. The van der Waals surface area contributed by atoms with Crippen molar-refractivity contribution in [2.24, 2.45) is 5.41 Å². The second-order valence-corrected chi connectivity index (χ2v) is 6.15. The predicted octanol–water partition coefficient (Wildman–Crippen LogP) is 3.42. The van der Waals surface area contributed by atoms with Crippen LogP contribution in [0.1, 0.15) is 31.7 Å². The third kappa shape index (κ3) is 2.35. The van der Waals surface area contributed by atoms with Crippen LogP contribution in [-0.4, -0.2) is 16.7 Å². The van der Waals surface area contributed by atoms with Crippen molar-refractivity contribution in [1.82, 2.24) is 15.5 Å². The van der Waals surface area contributed by atoms with Crippen LogP contribution in [0, 0.1) is 5.41 Å². The molecule has 0 unspecified atom stereocenters. The van der Waals surface area contributed by atoms with Gasteiger partial charge in [0.05, 0.1) is 16.8 Å². The van der Waals surface area contributed by atoms with Gasteiger partial charge in [-0.25, -0.2) is 0 Å². The summed E-state index contributed by atoms with van der Waals surface area (Å²) in [5.41, 5.74) is 3.04. The second-order valence-electron chi connectivity index (χ2n) is 5.20. The highest BCUT2D eigenvalue weighted by atomic mass is 32.1. The number of aromatic nitrogens is 2. The van der Waals surface area contributed by atoms with Crippen molar-refractivity contribution >= 4 is 11.3 Å². The van der Waals surface area contributed by atoms with Gasteiger partial charge in [-0.15, -0.1) is 11.3 Å². The Morgan fingerprint density at radius 2 is 2.39 bits per heavy atom. The van der Waals surface area contributed by atoms with Crippen LogP contribution in [0.15, 0.2) is 23.7 Å². The Morgan fingerprint density at radius 1 is 1.50 bits per heavy atom. The molecule has 3 nitrogen and oxygen atoms in total. The summed E-state index contributed by atoms with van der Waals surface area (Å²) >= 11 is 1.75. The third-order valence-corrected chi connectivity index (χ3v) is 4.90. The first kappa shape index (κ1) is 11.9. The van der Waals surface area contributed by atoms with Crippen LogP contribution in [0.3, 0.4) is 0 Å². The van der Waals surface area contributed by atoms with Crippen molar-refractivity contribution in [2.45, 2.75) is 32.7 Å². The smallest absolute Gasteiger partial charge is 0.0794 e. The molecule has 1 fully saturated rings. The number of thiophene rings is 1. The lowest BCUT2D eigenvalue weighted by molar-refractivity contribution is 0.443. The summed E-state index contributed by atoms with van der Waals surface area (Å²) in [6.45, 7) is 4.34. The molecule has 2 heterocycles. The van der Waals surface area contributed by atoms with Crippen LogP contribution in [0.2, 0.25) is 0 Å². The maximum absolute atomic E-state index is 4.17. The van der Waals surface area contributed by atoms with Crippen molar-refractivity contribution in [2.75, 3.05) is 6.54 Å². The summed E-state index contributed by atoms with van der Waals surface area (Å²) in [6.07, 6.45) is 6.01. The van der Waals surface area contributed by atoms with E-state index in [1.165, 1.54) is 35.4 Å². The molecule has 0 atom stereocenters. The normalized spacial score (nSPS) is 16.9. The zero-order valence-electron chi connectivity index (χ0n) is 10.7. The maximum Gasteiger partial charge on any atom is 0.0794 e. The number of hydrogen-bond donors (Lipinski definition) is 2. The maximum atomic E-state index is 4.17. The van der Waals surface area contributed by atoms with E-state index in [1.54, 1.807) is 11.3 Å². The minimum atomic E-state index is 0.604. The quantitative estimate of drug-likeness (QED) is 0.836. The predicted molar refractivity (Wildman–Crippen MR) is 75.6 cm³/mol. The van der Waals surface area contributed by atoms with Gasteiger partial charge in [-0.05, 0) is 36.1 Å². The lowest BCUT2D eigenvalue weighted by Gasteiger charge is -2.13. The van der Waals surface area contributed by atoms with Gasteiger partial charge < -0.3 is 5.32 Å². The molecular weight excluding hydrogens is 242 g/mol. The van der Waals surface area contributed by atoms with Crippen molar-refractivity contribution in [3.05, 3.63) is 29.3 Å². The molecule has 0 aromatic carbocycles. The summed E-state index contributed by atoms with van der Waals surface area (Å²) in [5.74, 6) is 0. The lowest BCUT2D eigenvalue weighted by Crippen LogP contribution is -2.23. The number of aromatic amines is 1. The first-order chi connectivity index (χ1) is 8.83. The third-order valence-electron chi connectivity index (χ3n) is 4.01. The first-order valence-corrected chi connectivity index (χ1v) is 7.48. The summed E-state index contributed by atoms with van der Waals surface area (Å²) in [6, 6.07) is 4.21. The van der Waals surface area contributed by atoms with E-state index in [2.05, 4.69) is 40.0 Å². The van der Waals surface area contributed by atoms with Crippen LogP contribution in [0.5, 0.6) is 0 Å². The molecule has 0 amide bonds. The minimum absolute atomic E-state index is 0.604. The van der Waals surface area contributed by atoms with E-state index in [9.17, 15) is 0 Å². The minimum Gasteiger partial charge on any atom is -0.312 e. The summed E-state index contributed by atoms with van der Waals surface area (Å²) in [5, 5.41) is 13.0. The van der Waals surface area contributed by atoms with Gasteiger partial charge in [-0.3, -0.25) is 5.10 Å². The zero-order valence-corrected chi connectivity index (χ0v) is 11.5. The van der Waals surface area contributed by atoms with Crippen molar-refractivity contribution in [1.29, 1.82) is 0 Å². The Labute approximate surface area is 112 Å². The van der Waals surface area contributed by atoms with Gasteiger partial charge in [0.2, 0.25) is 0 Å². The molecule has 1 aliphatic rings. The molecule has 0 bridgehead atoms. The fraction of sp³-hybridized carbons (Fsp3) is 0.500. The summed E-state index contributed by atoms with van der Waals surface area (Å²) in [7, 11) is 0. The highest BCUT2D eigenvalue weighted by Gasteiger charge is 2.39. The Kier molecular flexibility index (Phi) is 3.22. The largest absolute Gasteiger partial charge is 0.312 e. The van der Waals surface area contributed by atoms with E-state index in [4.69, 9.17) is 0 Å². The van der Waals surface area contributed by atoms with Gasteiger partial charge in [-0.2, -0.15) is 5.10 Å². The summed E-state index contributed by atoms with van der Waals surface area (Å²) in [4.78, 5) is 1.26. The molecule has 96 valence electrons. The second kappa shape index (κ2) is 4.86. The Hall–Kier alpha value is -1.13. The van der Waals surface area contributed by atoms with Crippen LogP contribution < -0.4 is 5.32 Å². The summed E-state index contributed by atoms with van der Waals surface area (Å²) < 4.78 is 0. The lowest BCUT2D eigenvalue weighted by atomic mass is 10.0. The average molecular weight is 261 g/mol. The standard InChI is InChI=1S/C14H19N3S/c1-2-14(5-6-14)10-15-8-11-9-16-17-13(11)12-4-3-7-18-12/h3-4,7,9,15H,2,5-6,8,10H2,1H3,(H,16,17). The molecule has 2 aromatic heterocycles. The van der Waals surface area contributed by atoms with Crippen molar-refractivity contribution < 1.29 is 0 Å².